The normalized spacial score (nSPS) is 20.6. The molecule has 3 nitrogen and oxygen atoms in total. The Morgan fingerprint density at radius 1 is 1.47 bits per heavy atom. The molecule has 17 heavy (non-hydrogen) atoms. The lowest BCUT2D eigenvalue weighted by atomic mass is 9.91. The largest absolute Gasteiger partial charge is 0.493 e. The second-order valence-corrected chi connectivity index (χ2v) is 4.81. The second-order valence-electron chi connectivity index (χ2n) is 4.81. The van der Waals surface area contributed by atoms with Crippen LogP contribution in [-0.4, -0.2) is 6.61 Å². The summed E-state index contributed by atoms with van der Waals surface area (Å²) in [7, 11) is 0. The van der Waals surface area contributed by atoms with Crippen LogP contribution in [0.15, 0.2) is 29.6 Å². The van der Waals surface area contributed by atoms with Crippen LogP contribution in [0, 0.1) is 4.91 Å². The predicted octanol–water partition coefficient (Wildman–Crippen LogP) is 3.32. The van der Waals surface area contributed by atoms with E-state index in [1.807, 2.05) is 0 Å². The molecule has 3 heteroatoms. The Morgan fingerprint density at radius 3 is 3.18 bits per heavy atom. The molecule has 1 atom stereocenters. The van der Waals surface area contributed by atoms with E-state index in [0.717, 1.165) is 31.6 Å². The summed E-state index contributed by atoms with van der Waals surface area (Å²) in [5.74, 6) is 1.44. The van der Waals surface area contributed by atoms with E-state index in [-0.39, 0.29) is 0 Å². The van der Waals surface area contributed by atoms with Gasteiger partial charge in [-0.05, 0) is 47.6 Å². The van der Waals surface area contributed by atoms with E-state index in [0.29, 0.717) is 18.0 Å². The van der Waals surface area contributed by atoms with E-state index >= 15 is 0 Å². The van der Waals surface area contributed by atoms with Gasteiger partial charge in [0.1, 0.15) is 5.75 Å². The van der Waals surface area contributed by atoms with Crippen LogP contribution < -0.4 is 4.74 Å². The minimum atomic E-state index is 0.409. The molecule has 0 radical (unpaired) electrons. The van der Waals surface area contributed by atoms with Crippen molar-refractivity contribution in [3.63, 3.8) is 0 Å². The molecular formula is C14H15NO2. The van der Waals surface area contributed by atoms with Crippen LogP contribution in [0.5, 0.6) is 5.75 Å². The Morgan fingerprint density at radius 2 is 2.35 bits per heavy atom. The number of rotatable bonds is 3. The van der Waals surface area contributed by atoms with Crippen LogP contribution in [0.25, 0.3) is 0 Å². The maximum atomic E-state index is 10.5. The van der Waals surface area contributed by atoms with Gasteiger partial charge in [-0.3, -0.25) is 0 Å². The predicted molar refractivity (Wildman–Crippen MR) is 66.3 cm³/mol. The number of aryl methyl sites for hydroxylation is 1. The van der Waals surface area contributed by atoms with E-state index in [1.54, 1.807) is 0 Å². The third kappa shape index (κ3) is 1.66. The summed E-state index contributed by atoms with van der Waals surface area (Å²) < 4.78 is 5.60. The second kappa shape index (κ2) is 3.99. The first-order valence-electron chi connectivity index (χ1n) is 6.08. The zero-order chi connectivity index (χ0) is 11.8. The SMILES string of the molecule is C=C(C[C@@H]1CCc2ccc3c(c21)CCO3)N=O. The molecule has 0 fully saturated rings. The fourth-order valence-electron chi connectivity index (χ4n) is 3.08. The topological polar surface area (TPSA) is 38.7 Å². The lowest BCUT2D eigenvalue weighted by Crippen LogP contribution is -1.98. The number of hydrogen-bond donors (Lipinski definition) is 0. The average molecular weight is 229 g/mol. The number of ether oxygens (including phenoxy) is 1. The highest BCUT2D eigenvalue weighted by molar-refractivity contribution is 5.51. The molecule has 1 aliphatic heterocycles. The van der Waals surface area contributed by atoms with Gasteiger partial charge in [-0.15, -0.1) is 4.91 Å². The highest BCUT2D eigenvalue weighted by atomic mass is 16.5. The molecule has 0 amide bonds. The van der Waals surface area contributed by atoms with Crippen LogP contribution in [-0.2, 0) is 12.8 Å². The molecule has 1 aromatic rings. The first kappa shape index (κ1) is 10.5. The van der Waals surface area contributed by atoms with Gasteiger partial charge in [-0.25, -0.2) is 0 Å². The highest BCUT2D eigenvalue weighted by Crippen LogP contribution is 2.44. The van der Waals surface area contributed by atoms with Gasteiger partial charge in [0, 0.05) is 12.0 Å². The van der Waals surface area contributed by atoms with Crippen LogP contribution >= 0.6 is 0 Å². The maximum absolute atomic E-state index is 10.5. The summed E-state index contributed by atoms with van der Waals surface area (Å²) in [5, 5.41) is 2.94. The van der Waals surface area contributed by atoms with Crippen molar-refractivity contribution in [3.8, 4) is 5.75 Å². The maximum Gasteiger partial charge on any atom is 0.122 e. The van der Waals surface area contributed by atoms with Crippen molar-refractivity contribution in [1.82, 2.24) is 0 Å². The Labute approximate surface area is 100 Å². The molecule has 0 saturated carbocycles. The van der Waals surface area contributed by atoms with E-state index in [1.165, 1.54) is 16.7 Å². The van der Waals surface area contributed by atoms with E-state index in [9.17, 15) is 4.91 Å². The Kier molecular flexibility index (Phi) is 2.46. The molecule has 0 spiro atoms. The molecule has 0 N–H and O–H groups in total. The van der Waals surface area contributed by atoms with Gasteiger partial charge in [0.15, 0.2) is 0 Å². The standard InChI is InChI=1S/C14H15NO2/c1-9(15-16)8-11-3-2-10-4-5-13-12(14(10)11)6-7-17-13/h4-5,11H,1-3,6-8H2/t11-/m0/s1. The zero-order valence-corrected chi connectivity index (χ0v) is 9.74. The molecule has 1 aliphatic carbocycles. The van der Waals surface area contributed by atoms with Gasteiger partial charge in [0.05, 0.1) is 12.3 Å². The van der Waals surface area contributed by atoms with Crippen LogP contribution in [0.4, 0.5) is 0 Å². The summed E-state index contributed by atoms with van der Waals surface area (Å²) in [6.07, 6.45) is 3.88. The third-order valence-corrected chi connectivity index (χ3v) is 3.80. The minimum absolute atomic E-state index is 0.409. The molecule has 0 aromatic heterocycles. The van der Waals surface area contributed by atoms with Crippen molar-refractivity contribution in [1.29, 1.82) is 0 Å². The highest BCUT2D eigenvalue weighted by Gasteiger charge is 2.29. The lowest BCUT2D eigenvalue weighted by molar-refractivity contribution is 0.357. The third-order valence-electron chi connectivity index (χ3n) is 3.80. The van der Waals surface area contributed by atoms with E-state index in [2.05, 4.69) is 23.9 Å². The average Bonchev–Trinajstić information content (AvgIpc) is 2.94. The van der Waals surface area contributed by atoms with Crippen molar-refractivity contribution in [2.24, 2.45) is 5.18 Å². The van der Waals surface area contributed by atoms with Gasteiger partial charge < -0.3 is 4.74 Å². The molecular weight excluding hydrogens is 214 g/mol. The van der Waals surface area contributed by atoms with Gasteiger partial charge in [0.2, 0.25) is 0 Å². The fraction of sp³-hybridized carbons (Fsp3) is 0.429. The summed E-state index contributed by atoms with van der Waals surface area (Å²) in [6, 6.07) is 4.24. The summed E-state index contributed by atoms with van der Waals surface area (Å²) in [5.41, 5.74) is 4.63. The number of hydrogen-bond acceptors (Lipinski definition) is 3. The molecule has 2 aliphatic rings. The first-order valence-corrected chi connectivity index (χ1v) is 6.08. The number of allylic oxidation sites excluding steroid dienone is 1. The number of fused-ring (bicyclic) bond motifs is 3. The minimum Gasteiger partial charge on any atom is -0.493 e. The van der Waals surface area contributed by atoms with Crippen molar-refractivity contribution in [2.45, 2.75) is 31.6 Å². The Balaban J connectivity index is 1.98. The molecule has 3 rings (SSSR count). The number of benzene rings is 1. The van der Waals surface area contributed by atoms with Gasteiger partial charge >= 0.3 is 0 Å². The lowest BCUT2D eigenvalue weighted by Gasteiger charge is -2.13. The molecule has 88 valence electrons. The van der Waals surface area contributed by atoms with Gasteiger partial charge in [-0.1, -0.05) is 12.6 Å². The number of nitroso groups, excluding NO2 is 1. The number of nitrogens with zero attached hydrogens (tertiary/aromatic N) is 1. The van der Waals surface area contributed by atoms with Crippen molar-refractivity contribution in [2.75, 3.05) is 6.61 Å². The summed E-state index contributed by atoms with van der Waals surface area (Å²) in [6.45, 7) is 4.48. The van der Waals surface area contributed by atoms with Crippen LogP contribution in [0.1, 0.15) is 35.4 Å². The van der Waals surface area contributed by atoms with Crippen LogP contribution in [0.2, 0.25) is 0 Å². The Bertz CT molecular complexity index is 493. The molecule has 1 heterocycles. The van der Waals surface area contributed by atoms with Crippen LogP contribution in [0.3, 0.4) is 0 Å². The molecule has 0 saturated heterocycles. The zero-order valence-electron chi connectivity index (χ0n) is 9.74. The van der Waals surface area contributed by atoms with Gasteiger partial charge in [0.25, 0.3) is 0 Å². The van der Waals surface area contributed by atoms with Gasteiger partial charge in [-0.2, -0.15) is 0 Å². The molecule has 1 aromatic carbocycles. The van der Waals surface area contributed by atoms with E-state index < -0.39 is 0 Å². The van der Waals surface area contributed by atoms with E-state index in [4.69, 9.17) is 4.74 Å². The smallest absolute Gasteiger partial charge is 0.122 e. The Hall–Kier alpha value is -1.64. The fourth-order valence-corrected chi connectivity index (χ4v) is 3.08. The van der Waals surface area contributed by atoms with Crippen molar-refractivity contribution >= 4 is 0 Å². The van der Waals surface area contributed by atoms with Crippen molar-refractivity contribution < 1.29 is 4.74 Å². The summed E-state index contributed by atoms with van der Waals surface area (Å²) >= 11 is 0. The first-order chi connectivity index (χ1) is 8.29. The molecule has 0 bridgehead atoms. The van der Waals surface area contributed by atoms with Crippen molar-refractivity contribution in [3.05, 3.63) is 46.0 Å². The molecule has 0 unspecified atom stereocenters. The summed E-state index contributed by atoms with van der Waals surface area (Å²) in [4.78, 5) is 10.5. The monoisotopic (exact) mass is 229 g/mol. The quantitative estimate of drug-likeness (QED) is 0.746.